The van der Waals surface area contributed by atoms with E-state index < -0.39 is 0 Å². The molecule has 0 bridgehead atoms. The third-order valence-corrected chi connectivity index (χ3v) is 2.44. The third-order valence-electron chi connectivity index (χ3n) is 2.44. The number of hydrogen-bond acceptors (Lipinski definition) is 1. The molecule has 0 heterocycles. The molecule has 1 atom stereocenters. The van der Waals surface area contributed by atoms with E-state index in [1.165, 1.54) is 45.1 Å². The van der Waals surface area contributed by atoms with Crippen molar-refractivity contribution in [2.45, 2.75) is 52.4 Å². The van der Waals surface area contributed by atoms with E-state index in [1.54, 1.807) is 0 Å². The molecule has 0 aromatic carbocycles. The molecule has 0 rings (SSSR count). The van der Waals surface area contributed by atoms with Crippen LogP contribution in [0.3, 0.4) is 0 Å². The average Bonchev–Trinajstić information content (AvgIpc) is 2.09. The summed E-state index contributed by atoms with van der Waals surface area (Å²) in [5.74, 6) is 0.911. The predicted octanol–water partition coefficient (Wildman–Crippen LogP) is 3.20. The van der Waals surface area contributed by atoms with Crippen LogP contribution in [-0.4, -0.2) is 13.6 Å². The van der Waals surface area contributed by atoms with Crippen LogP contribution in [-0.2, 0) is 0 Å². The van der Waals surface area contributed by atoms with Gasteiger partial charge in [0.1, 0.15) is 0 Å². The molecule has 0 aliphatic rings. The van der Waals surface area contributed by atoms with E-state index >= 15 is 0 Å². The van der Waals surface area contributed by atoms with Gasteiger partial charge in [0, 0.05) is 0 Å². The Hall–Kier alpha value is -0.0400. The Bertz CT molecular complexity index is 81.1. The van der Waals surface area contributed by atoms with Gasteiger partial charge in [-0.15, -0.1) is 0 Å². The molecule has 74 valence electrons. The summed E-state index contributed by atoms with van der Waals surface area (Å²) >= 11 is 0. The van der Waals surface area contributed by atoms with E-state index in [9.17, 15) is 0 Å². The smallest absolute Gasteiger partial charge is 0.00494 e. The fraction of sp³-hybridized carbons (Fsp3) is 1.00. The normalized spacial score (nSPS) is 13.2. The first-order valence-electron chi connectivity index (χ1n) is 5.45. The first-order chi connectivity index (χ1) is 5.81. The van der Waals surface area contributed by atoms with Gasteiger partial charge in [-0.25, -0.2) is 0 Å². The second-order valence-electron chi connectivity index (χ2n) is 3.85. The Morgan fingerprint density at radius 3 is 2.42 bits per heavy atom. The van der Waals surface area contributed by atoms with Crippen molar-refractivity contribution < 1.29 is 0 Å². The van der Waals surface area contributed by atoms with Gasteiger partial charge in [0.05, 0.1) is 0 Å². The molecule has 12 heavy (non-hydrogen) atoms. The molecule has 0 fully saturated rings. The van der Waals surface area contributed by atoms with Gasteiger partial charge in [0.2, 0.25) is 0 Å². The lowest BCUT2D eigenvalue weighted by Gasteiger charge is -2.09. The van der Waals surface area contributed by atoms with Crippen LogP contribution in [0.25, 0.3) is 0 Å². The van der Waals surface area contributed by atoms with Gasteiger partial charge in [-0.2, -0.15) is 0 Å². The molecule has 1 N–H and O–H groups in total. The summed E-state index contributed by atoms with van der Waals surface area (Å²) in [6.07, 6.45) is 8.38. The zero-order chi connectivity index (χ0) is 9.23. The van der Waals surface area contributed by atoms with Gasteiger partial charge >= 0.3 is 0 Å². The van der Waals surface area contributed by atoms with Crippen LogP contribution < -0.4 is 5.32 Å². The van der Waals surface area contributed by atoms with Crippen LogP contribution in [0.15, 0.2) is 0 Å². The highest BCUT2D eigenvalue weighted by Gasteiger charge is 1.99. The summed E-state index contributed by atoms with van der Waals surface area (Å²) in [7, 11) is 2.03. The first kappa shape index (κ1) is 12.0. The lowest BCUT2D eigenvalue weighted by molar-refractivity contribution is 0.453. The Morgan fingerprint density at radius 1 is 1.08 bits per heavy atom. The van der Waals surface area contributed by atoms with Crippen molar-refractivity contribution in [3.63, 3.8) is 0 Å². The van der Waals surface area contributed by atoms with E-state index in [-0.39, 0.29) is 0 Å². The van der Waals surface area contributed by atoms with E-state index in [4.69, 9.17) is 0 Å². The minimum absolute atomic E-state index is 0.911. The van der Waals surface area contributed by atoms with Crippen LogP contribution in [0, 0.1) is 5.92 Å². The molecule has 1 unspecified atom stereocenters. The molecule has 1 heteroatoms. The maximum absolute atomic E-state index is 3.20. The quantitative estimate of drug-likeness (QED) is 0.553. The number of rotatable bonds is 8. The monoisotopic (exact) mass is 171 g/mol. The molecular formula is C11H25N. The molecule has 0 spiro atoms. The highest BCUT2D eigenvalue weighted by atomic mass is 14.8. The van der Waals surface area contributed by atoms with E-state index in [0.717, 1.165) is 5.92 Å². The molecular weight excluding hydrogens is 146 g/mol. The summed E-state index contributed by atoms with van der Waals surface area (Å²) in [6, 6.07) is 0. The van der Waals surface area contributed by atoms with E-state index in [1.807, 2.05) is 7.05 Å². The highest BCUT2D eigenvalue weighted by Crippen LogP contribution is 2.12. The van der Waals surface area contributed by atoms with Crippen molar-refractivity contribution in [2.24, 2.45) is 5.92 Å². The minimum atomic E-state index is 0.911. The fourth-order valence-electron chi connectivity index (χ4n) is 1.45. The zero-order valence-electron chi connectivity index (χ0n) is 9.03. The summed E-state index contributed by atoms with van der Waals surface area (Å²) < 4.78 is 0. The summed E-state index contributed by atoms with van der Waals surface area (Å²) in [5, 5.41) is 3.20. The van der Waals surface area contributed by atoms with Crippen LogP contribution in [0.4, 0.5) is 0 Å². The van der Waals surface area contributed by atoms with Crippen molar-refractivity contribution in [1.29, 1.82) is 0 Å². The van der Waals surface area contributed by atoms with Gasteiger partial charge in [0.25, 0.3) is 0 Å². The van der Waals surface area contributed by atoms with Crippen molar-refractivity contribution in [1.82, 2.24) is 5.32 Å². The van der Waals surface area contributed by atoms with Gasteiger partial charge in [-0.3, -0.25) is 0 Å². The third kappa shape index (κ3) is 8.06. The van der Waals surface area contributed by atoms with Crippen molar-refractivity contribution in [3.8, 4) is 0 Å². The van der Waals surface area contributed by atoms with Crippen LogP contribution in [0.1, 0.15) is 52.4 Å². The Kier molecular flexibility index (Phi) is 9.02. The van der Waals surface area contributed by atoms with Crippen molar-refractivity contribution in [2.75, 3.05) is 13.6 Å². The van der Waals surface area contributed by atoms with E-state index in [2.05, 4.69) is 19.2 Å². The lowest BCUT2D eigenvalue weighted by Crippen LogP contribution is -2.11. The maximum atomic E-state index is 3.20. The molecule has 0 aliphatic heterocycles. The van der Waals surface area contributed by atoms with Crippen molar-refractivity contribution in [3.05, 3.63) is 0 Å². The van der Waals surface area contributed by atoms with Gasteiger partial charge in [-0.1, -0.05) is 46.0 Å². The fourth-order valence-corrected chi connectivity index (χ4v) is 1.45. The maximum Gasteiger partial charge on any atom is -0.00494 e. The predicted molar refractivity (Wildman–Crippen MR) is 56.5 cm³/mol. The SMILES string of the molecule is CCCCCCC(C)CCNC. The van der Waals surface area contributed by atoms with Crippen LogP contribution in [0.5, 0.6) is 0 Å². The van der Waals surface area contributed by atoms with Gasteiger partial charge in [0.15, 0.2) is 0 Å². The molecule has 0 amide bonds. The number of unbranched alkanes of at least 4 members (excludes halogenated alkanes) is 3. The zero-order valence-corrected chi connectivity index (χ0v) is 9.03. The second-order valence-corrected chi connectivity index (χ2v) is 3.85. The summed E-state index contributed by atoms with van der Waals surface area (Å²) in [5.41, 5.74) is 0. The summed E-state index contributed by atoms with van der Waals surface area (Å²) in [4.78, 5) is 0. The van der Waals surface area contributed by atoms with Gasteiger partial charge < -0.3 is 5.32 Å². The van der Waals surface area contributed by atoms with Crippen LogP contribution >= 0.6 is 0 Å². The molecule has 0 radical (unpaired) electrons. The van der Waals surface area contributed by atoms with Crippen molar-refractivity contribution >= 4 is 0 Å². The number of hydrogen-bond donors (Lipinski definition) is 1. The summed E-state index contributed by atoms with van der Waals surface area (Å²) in [6.45, 7) is 5.81. The van der Waals surface area contributed by atoms with Crippen LogP contribution in [0.2, 0.25) is 0 Å². The molecule has 0 saturated heterocycles. The Balaban J connectivity index is 3.02. The largest absolute Gasteiger partial charge is 0.320 e. The van der Waals surface area contributed by atoms with Gasteiger partial charge in [-0.05, 0) is 25.9 Å². The molecule has 1 nitrogen and oxygen atoms in total. The minimum Gasteiger partial charge on any atom is -0.320 e. The highest BCUT2D eigenvalue weighted by molar-refractivity contribution is 4.55. The lowest BCUT2D eigenvalue weighted by atomic mass is 9.99. The average molecular weight is 171 g/mol. The van der Waals surface area contributed by atoms with E-state index in [0.29, 0.717) is 0 Å². The molecule has 0 saturated carbocycles. The molecule has 0 aromatic rings. The topological polar surface area (TPSA) is 12.0 Å². The Labute approximate surface area is 77.9 Å². The molecule has 0 aromatic heterocycles. The standard InChI is InChI=1S/C11H25N/c1-4-5-6-7-8-11(2)9-10-12-3/h11-12H,4-10H2,1-3H3. The molecule has 0 aliphatic carbocycles. The number of nitrogens with one attached hydrogen (secondary N) is 1. The Morgan fingerprint density at radius 2 is 1.83 bits per heavy atom. The second kappa shape index (κ2) is 9.05. The first-order valence-corrected chi connectivity index (χ1v) is 5.45.